The van der Waals surface area contributed by atoms with Crippen molar-refractivity contribution in [3.05, 3.63) is 35.6 Å². The molecule has 0 bridgehead atoms. The quantitative estimate of drug-likeness (QED) is 0.839. The summed E-state index contributed by atoms with van der Waals surface area (Å²) in [7, 11) is 2.14. The van der Waals surface area contributed by atoms with Gasteiger partial charge in [-0.05, 0) is 37.9 Å². The summed E-state index contributed by atoms with van der Waals surface area (Å²) < 4.78 is 13.5. The van der Waals surface area contributed by atoms with Gasteiger partial charge >= 0.3 is 0 Å². The average molecular weight is 306 g/mol. The second kappa shape index (κ2) is 8.89. The fraction of sp³-hybridized carbons (Fsp3) is 0.611. The Hall–Kier alpha value is -1.42. The molecule has 0 heterocycles. The Morgan fingerprint density at radius 1 is 1.27 bits per heavy atom. The highest BCUT2D eigenvalue weighted by molar-refractivity contribution is 5.76. The van der Waals surface area contributed by atoms with Crippen molar-refractivity contribution in [2.24, 2.45) is 0 Å². The van der Waals surface area contributed by atoms with E-state index < -0.39 is 0 Å². The maximum atomic E-state index is 13.5. The Kier molecular flexibility index (Phi) is 6.84. The van der Waals surface area contributed by atoms with Crippen LogP contribution in [0.5, 0.6) is 0 Å². The number of nitrogens with zero attached hydrogens (tertiary/aromatic N) is 1. The van der Waals surface area contributed by atoms with E-state index in [2.05, 4.69) is 17.3 Å². The lowest BCUT2D eigenvalue weighted by molar-refractivity contribution is -0.121. The molecule has 0 radical (unpaired) electrons. The minimum atomic E-state index is -0.229. The van der Waals surface area contributed by atoms with E-state index in [0.717, 1.165) is 6.54 Å². The SMILES string of the molecule is CN(CCNC(=O)CCc1ccccc1F)C1CCCCC1. The average Bonchev–Trinajstić information content (AvgIpc) is 2.55. The molecule has 1 aliphatic rings. The van der Waals surface area contributed by atoms with Crippen LogP contribution in [0.4, 0.5) is 4.39 Å². The van der Waals surface area contributed by atoms with Crippen molar-refractivity contribution in [1.29, 1.82) is 0 Å². The lowest BCUT2D eigenvalue weighted by Crippen LogP contribution is -2.39. The van der Waals surface area contributed by atoms with E-state index in [1.165, 1.54) is 38.2 Å². The number of carbonyl (C=O) groups is 1. The molecule has 22 heavy (non-hydrogen) atoms. The van der Waals surface area contributed by atoms with Crippen LogP contribution in [0, 0.1) is 5.82 Å². The first-order chi connectivity index (χ1) is 10.7. The smallest absolute Gasteiger partial charge is 0.220 e. The van der Waals surface area contributed by atoms with Crippen molar-refractivity contribution in [2.45, 2.75) is 51.0 Å². The zero-order valence-corrected chi connectivity index (χ0v) is 13.5. The highest BCUT2D eigenvalue weighted by atomic mass is 19.1. The molecule has 1 aliphatic carbocycles. The Balaban J connectivity index is 1.62. The van der Waals surface area contributed by atoms with E-state index in [1.807, 2.05) is 0 Å². The van der Waals surface area contributed by atoms with Crippen molar-refractivity contribution in [2.75, 3.05) is 20.1 Å². The minimum Gasteiger partial charge on any atom is -0.355 e. The fourth-order valence-corrected chi connectivity index (χ4v) is 3.11. The second-order valence-electron chi connectivity index (χ2n) is 6.21. The molecule has 1 aromatic rings. The van der Waals surface area contributed by atoms with E-state index in [4.69, 9.17) is 0 Å². The summed E-state index contributed by atoms with van der Waals surface area (Å²) in [6.07, 6.45) is 7.35. The third-order valence-corrected chi connectivity index (χ3v) is 4.56. The zero-order valence-electron chi connectivity index (χ0n) is 13.5. The van der Waals surface area contributed by atoms with E-state index >= 15 is 0 Å². The highest BCUT2D eigenvalue weighted by Gasteiger charge is 2.17. The summed E-state index contributed by atoms with van der Waals surface area (Å²) in [5, 5.41) is 2.94. The highest BCUT2D eigenvalue weighted by Crippen LogP contribution is 2.21. The molecule has 1 aromatic carbocycles. The molecule has 1 N–H and O–H groups in total. The Bertz CT molecular complexity index is 472. The number of rotatable bonds is 7. The Morgan fingerprint density at radius 2 is 2.00 bits per heavy atom. The van der Waals surface area contributed by atoms with Gasteiger partial charge in [0.2, 0.25) is 5.91 Å². The van der Waals surface area contributed by atoms with Gasteiger partial charge < -0.3 is 10.2 Å². The third kappa shape index (κ3) is 5.41. The van der Waals surface area contributed by atoms with Crippen LogP contribution < -0.4 is 5.32 Å². The van der Waals surface area contributed by atoms with Crippen LogP contribution in [0.25, 0.3) is 0 Å². The summed E-state index contributed by atoms with van der Waals surface area (Å²) in [4.78, 5) is 14.2. The van der Waals surface area contributed by atoms with Gasteiger partial charge in [0, 0.05) is 25.6 Å². The van der Waals surface area contributed by atoms with Gasteiger partial charge in [-0.3, -0.25) is 4.79 Å². The summed E-state index contributed by atoms with van der Waals surface area (Å²) in [5.74, 6) is -0.229. The molecule has 3 nitrogen and oxygen atoms in total. The van der Waals surface area contributed by atoms with Crippen LogP contribution in [-0.2, 0) is 11.2 Å². The number of hydrogen-bond acceptors (Lipinski definition) is 2. The molecule has 2 rings (SSSR count). The van der Waals surface area contributed by atoms with E-state index in [1.54, 1.807) is 18.2 Å². The van der Waals surface area contributed by atoms with E-state index in [9.17, 15) is 9.18 Å². The van der Waals surface area contributed by atoms with Gasteiger partial charge in [0.1, 0.15) is 5.82 Å². The number of halogens is 1. The van der Waals surface area contributed by atoms with Crippen molar-refractivity contribution in [3.8, 4) is 0 Å². The van der Waals surface area contributed by atoms with Gasteiger partial charge in [-0.25, -0.2) is 4.39 Å². The first-order valence-corrected chi connectivity index (χ1v) is 8.37. The maximum absolute atomic E-state index is 13.5. The molecule has 122 valence electrons. The topological polar surface area (TPSA) is 32.3 Å². The van der Waals surface area contributed by atoms with Crippen LogP contribution in [0.3, 0.4) is 0 Å². The molecule has 1 amide bonds. The van der Waals surface area contributed by atoms with Crippen molar-refractivity contribution in [3.63, 3.8) is 0 Å². The number of aryl methyl sites for hydroxylation is 1. The predicted octanol–water partition coefficient (Wildman–Crippen LogP) is 3.14. The van der Waals surface area contributed by atoms with Crippen molar-refractivity contribution >= 4 is 5.91 Å². The van der Waals surface area contributed by atoms with Crippen LogP contribution >= 0.6 is 0 Å². The van der Waals surface area contributed by atoms with Gasteiger partial charge in [-0.1, -0.05) is 37.5 Å². The Labute approximate surface area is 132 Å². The minimum absolute atomic E-state index is 0.000275. The summed E-state index contributed by atoms with van der Waals surface area (Å²) in [6.45, 7) is 1.55. The number of nitrogens with one attached hydrogen (secondary N) is 1. The van der Waals surface area contributed by atoms with Gasteiger partial charge in [0.15, 0.2) is 0 Å². The number of likely N-dealkylation sites (N-methyl/N-ethyl adjacent to an activating group) is 1. The van der Waals surface area contributed by atoms with E-state index in [-0.39, 0.29) is 11.7 Å². The lowest BCUT2D eigenvalue weighted by Gasteiger charge is -2.31. The first kappa shape index (κ1) is 16.9. The monoisotopic (exact) mass is 306 g/mol. The van der Waals surface area contributed by atoms with E-state index in [0.29, 0.717) is 31.0 Å². The van der Waals surface area contributed by atoms with Crippen LogP contribution in [0.2, 0.25) is 0 Å². The molecule has 1 saturated carbocycles. The number of hydrogen-bond donors (Lipinski definition) is 1. The van der Waals surface area contributed by atoms with Crippen LogP contribution in [0.15, 0.2) is 24.3 Å². The standard InChI is InChI=1S/C18H27FN2O/c1-21(16-8-3-2-4-9-16)14-13-20-18(22)12-11-15-7-5-6-10-17(15)19/h5-7,10,16H,2-4,8-9,11-14H2,1H3,(H,20,22). The fourth-order valence-electron chi connectivity index (χ4n) is 3.11. The molecule has 0 spiro atoms. The lowest BCUT2D eigenvalue weighted by atomic mass is 9.94. The molecular weight excluding hydrogens is 279 g/mol. The van der Waals surface area contributed by atoms with Gasteiger partial charge in [0.05, 0.1) is 0 Å². The Morgan fingerprint density at radius 3 is 2.73 bits per heavy atom. The van der Waals surface area contributed by atoms with Gasteiger partial charge in [-0.15, -0.1) is 0 Å². The second-order valence-corrected chi connectivity index (χ2v) is 6.21. The van der Waals surface area contributed by atoms with Crippen molar-refractivity contribution in [1.82, 2.24) is 10.2 Å². The van der Waals surface area contributed by atoms with Crippen LogP contribution in [0.1, 0.15) is 44.1 Å². The predicted molar refractivity (Wildman–Crippen MR) is 87.2 cm³/mol. The first-order valence-electron chi connectivity index (χ1n) is 8.37. The maximum Gasteiger partial charge on any atom is 0.220 e. The third-order valence-electron chi connectivity index (χ3n) is 4.56. The molecule has 0 aliphatic heterocycles. The van der Waals surface area contributed by atoms with Gasteiger partial charge in [0.25, 0.3) is 0 Å². The normalized spacial score (nSPS) is 16.0. The molecule has 1 fully saturated rings. The molecule has 0 aromatic heterocycles. The molecule has 0 unspecified atom stereocenters. The van der Waals surface area contributed by atoms with Gasteiger partial charge in [-0.2, -0.15) is 0 Å². The number of benzene rings is 1. The number of carbonyl (C=O) groups excluding carboxylic acids is 1. The summed E-state index contributed by atoms with van der Waals surface area (Å²) in [5.41, 5.74) is 0.608. The largest absolute Gasteiger partial charge is 0.355 e. The molecule has 4 heteroatoms. The molecular formula is C18H27FN2O. The molecule has 0 atom stereocenters. The zero-order chi connectivity index (χ0) is 15.8. The number of amides is 1. The van der Waals surface area contributed by atoms with Crippen LogP contribution in [-0.4, -0.2) is 37.0 Å². The molecule has 0 saturated heterocycles. The van der Waals surface area contributed by atoms with Crippen molar-refractivity contribution < 1.29 is 9.18 Å². The summed E-state index contributed by atoms with van der Waals surface area (Å²) >= 11 is 0. The summed E-state index contributed by atoms with van der Waals surface area (Å²) in [6, 6.07) is 7.31.